The number of piperidine rings is 1. The summed E-state index contributed by atoms with van der Waals surface area (Å²) in [6, 6.07) is 12.4. The Bertz CT molecular complexity index is 1250. The fourth-order valence-corrected chi connectivity index (χ4v) is 5.59. The van der Waals surface area contributed by atoms with Crippen LogP contribution in [-0.2, 0) is 9.84 Å². The zero-order chi connectivity index (χ0) is 22.3. The van der Waals surface area contributed by atoms with Crippen LogP contribution in [0.2, 0.25) is 0 Å². The molecular weight excluding hydrogens is 428 g/mol. The Hall–Kier alpha value is -3.00. The molecule has 0 N–H and O–H groups in total. The lowest BCUT2D eigenvalue weighted by molar-refractivity contribution is 0.171. The summed E-state index contributed by atoms with van der Waals surface area (Å²) in [4.78, 5) is 6.63. The zero-order valence-electron chi connectivity index (χ0n) is 18.2. The highest BCUT2D eigenvalue weighted by Crippen LogP contribution is 2.39. The molecule has 1 fully saturated rings. The lowest BCUT2D eigenvalue weighted by atomic mass is 10.0. The van der Waals surface area contributed by atoms with Crippen LogP contribution in [0.25, 0.3) is 11.5 Å². The molecule has 8 heteroatoms. The van der Waals surface area contributed by atoms with Gasteiger partial charge in [0.1, 0.15) is 13.2 Å². The fraction of sp³-hybridized carbons (Fsp3) is 0.375. The molecular formula is C24H26N2O5S. The Labute approximate surface area is 187 Å². The highest BCUT2D eigenvalue weighted by atomic mass is 32.2. The predicted octanol–water partition coefficient (Wildman–Crippen LogP) is 4.49. The molecule has 1 aromatic heterocycles. The van der Waals surface area contributed by atoms with Crippen LogP contribution in [-0.4, -0.2) is 39.7 Å². The molecule has 1 unspecified atom stereocenters. The number of benzene rings is 2. The van der Waals surface area contributed by atoms with E-state index >= 15 is 0 Å². The molecule has 0 spiro atoms. The average Bonchev–Trinajstić information content (AvgIpc) is 3.25. The Kier molecular flexibility index (Phi) is 5.33. The first-order valence-corrected chi connectivity index (χ1v) is 12.4. The first-order valence-electron chi connectivity index (χ1n) is 10.9. The second-order valence-electron chi connectivity index (χ2n) is 8.50. The van der Waals surface area contributed by atoms with Crippen molar-refractivity contribution < 1.29 is 22.3 Å². The fourth-order valence-electron chi connectivity index (χ4n) is 4.25. The van der Waals surface area contributed by atoms with Crippen molar-refractivity contribution in [3.63, 3.8) is 0 Å². The summed E-state index contributed by atoms with van der Waals surface area (Å²) >= 11 is 0. The minimum Gasteiger partial charge on any atom is -0.486 e. The van der Waals surface area contributed by atoms with Crippen LogP contribution in [0.3, 0.4) is 0 Å². The largest absolute Gasteiger partial charge is 0.486 e. The number of aromatic nitrogens is 1. The first-order chi connectivity index (χ1) is 15.4. The van der Waals surface area contributed by atoms with Crippen molar-refractivity contribution in [1.29, 1.82) is 0 Å². The van der Waals surface area contributed by atoms with Gasteiger partial charge in [0.2, 0.25) is 26.6 Å². The van der Waals surface area contributed by atoms with E-state index in [1.165, 1.54) is 12.1 Å². The van der Waals surface area contributed by atoms with E-state index in [0.717, 1.165) is 37.1 Å². The highest BCUT2D eigenvalue weighted by Gasteiger charge is 2.33. The maximum Gasteiger partial charge on any atom is 0.236 e. The molecule has 2 aliphatic heterocycles. The summed E-state index contributed by atoms with van der Waals surface area (Å²) in [6.07, 6.45) is 2.09. The van der Waals surface area contributed by atoms with Crippen molar-refractivity contribution in [3.05, 3.63) is 48.0 Å². The topological polar surface area (TPSA) is 81.9 Å². The van der Waals surface area contributed by atoms with Crippen LogP contribution in [0.5, 0.6) is 11.5 Å². The Morgan fingerprint density at radius 2 is 1.88 bits per heavy atom. The predicted molar refractivity (Wildman–Crippen MR) is 120 cm³/mol. The van der Waals surface area contributed by atoms with Crippen molar-refractivity contribution in [2.75, 3.05) is 31.2 Å². The molecule has 0 amide bonds. The average molecular weight is 455 g/mol. The van der Waals surface area contributed by atoms with E-state index in [9.17, 15) is 8.42 Å². The lowest BCUT2D eigenvalue weighted by Crippen LogP contribution is -2.34. The maximum atomic E-state index is 13.7. The van der Waals surface area contributed by atoms with Crippen LogP contribution in [0, 0.1) is 12.8 Å². The van der Waals surface area contributed by atoms with E-state index in [2.05, 4.69) is 11.9 Å². The maximum absolute atomic E-state index is 13.7. The van der Waals surface area contributed by atoms with Crippen LogP contribution >= 0.6 is 0 Å². The van der Waals surface area contributed by atoms with Crippen LogP contribution in [0.1, 0.15) is 25.3 Å². The molecule has 0 saturated carbocycles. The van der Waals surface area contributed by atoms with Gasteiger partial charge in [0, 0.05) is 24.7 Å². The molecule has 7 nitrogen and oxygen atoms in total. The van der Waals surface area contributed by atoms with E-state index in [-0.39, 0.29) is 9.92 Å². The van der Waals surface area contributed by atoms with E-state index in [1.807, 2.05) is 36.1 Å². The van der Waals surface area contributed by atoms with Gasteiger partial charge in [-0.1, -0.05) is 24.6 Å². The zero-order valence-corrected chi connectivity index (χ0v) is 19.0. The second-order valence-corrected chi connectivity index (χ2v) is 10.4. The molecule has 3 heterocycles. The summed E-state index contributed by atoms with van der Waals surface area (Å²) < 4.78 is 44.7. The smallest absolute Gasteiger partial charge is 0.236 e. The number of fused-ring (bicyclic) bond motifs is 1. The van der Waals surface area contributed by atoms with Gasteiger partial charge >= 0.3 is 0 Å². The number of rotatable bonds is 4. The molecule has 0 radical (unpaired) electrons. The highest BCUT2D eigenvalue weighted by molar-refractivity contribution is 7.91. The Morgan fingerprint density at radius 3 is 2.66 bits per heavy atom. The lowest BCUT2D eigenvalue weighted by Gasteiger charge is -2.30. The van der Waals surface area contributed by atoms with Gasteiger partial charge in [-0.25, -0.2) is 8.42 Å². The van der Waals surface area contributed by atoms with Gasteiger partial charge in [0.05, 0.1) is 4.90 Å². The van der Waals surface area contributed by atoms with Gasteiger partial charge in [-0.2, -0.15) is 4.98 Å². The summed E-state index contributed by atoms with van der Waals surface area (Å²) in [7, 11) is -3.95. The third-order valence-corrected chi connectivity index (χ3v) is 7.52. The molecule has 1 saturated heterocycles. The molecule has 32 heavy (non-hydrogen) atoms. The molecule has 3 aromatic rings. The number of hydrogen-bond donors (Lipinski definition) is 0. The van der Waals surface area contributed by atoms with Crippen LogP contribution < -0.4 is 14.4 Å². The van der Waals surface area contributed by atoms with Crippen molar-refractivity contribution in [2.24, 2.45) is 5.92 Å². The van der Waals surface area contributed by atoms with Gasteiger partial charge in [0.15, 0.2) is 11.5 Å². The molecule has 1 atom stereocenters. The molecule has 2 aromatic carbocycles. The minimum atomic E-state index is -3.95. The van der Waals surface area contributed by atoms with Crippen molar-refractivity contribution in [1.82, 2.24) is 4.98 Å². The molecule has 2 aliphatic rings. The number of hydrogen-bond acceptors (Lipinski definition) is 7. The van der Waals surface area contributed by atoms with E-state index in [0.29, 0.717) is 42.4 Å². The number of sulfone groups is 1. The summed E-state index contributed by atoms with van der Waals surface area (Å²) in [5, 5.41) is -0.0558. The number of ether oxygens (including phenoxy) is 2. The van der Waals surface area contributed by atoms with E-state index in [1.54, 1.807) is 6.07 Å². The summed E-state index contributed by atoms with van der Waals surface area (Å²) in [6.45, 7) is 6.43. The Morgan fingerprint density at radius 1 is 1.06 bits per heavy atom. The second kappa shape index (κ2) is 8.16. The summed E-state index contributed by atoms with van der Waals surface area (Å²) in [5.74, 6) is 2.02. The number of anilines is 1. The Balaban J connectivity index is 1.62. The van der Waals surface area contributed by atoms with E-state index in [4.69, 9.17) is 13.9 Å². The van der Waals surface area contributed by atoms with Gasteiger partial charge in [0.25, 0.3) is 0 Å². The normalized spacial score (nSPS) is 18.6. The van der Waals surface area contributed by atoms with E-state index < -0.39 is 9.84 Å². The quantitative estimate of drug-likeness (QED) is 0.574. The van der Waals surface area contributed by atoms with Gasteiger partial charge in [-0.3, -0.25) is 0 Å². The number of aryl methyl sites for hydroxylation is 1. The standard InChI is InChI=1S/C24H26N2O5S/c1-16-5-3-7-18(13-16)22-25-23(24(31-22)26-10-4-6-17(2)15-26)32(27,28)19-8-9-20-21(14-19)30-12-11-29-20/h3,5,7-9,13-14,17H,4,6,10-12,15H2,1-2H3. The van der Waals surface area contributed by atoms with Crippen molar-refractivity contribution >= 4 is 15.7 Å². The number of nitrogens with zero attached hydrogens (tertiary/aromatic N) is 2. The van der Waals surface area contributed by atoms with Crippen LogP contribution in [0.4, 0.5) is 5.88 Å². The van der Waals surface area contributed by atoms with Crippen LogP contribution in [0.15, 0.2) is 56.8 Å². The third-order valence-electron chi connectivity index (χ3n) is 5.87. The molecule has 168 valence electrons. The summed E-state index contributed by atoms with van der Waals surface area (Å²) in [5.41, 5.74) is 1.80. The van der Waals surface area contributed by atoms with Crippen molar-refractivity contribution in [2.45, 2.75) is 36.6 Å². The van der Waals surface area contributed by atoms with Gasteiger partial charge in [-0.15, -0.1) is 0 Å². The molecule has 5 rings (SSSR count). The first kappa shape index (κ1) is 20.9. The molecule has 0 aliphatic carbocycles. The SMILES string of the molecule is Cc1cccc(-c2nc(S(=O)(=O)c3ccc4c(c3)OCCO4)c(N3CCCC(C)C3)o2)c1. The third kappa shape index (κ3) is 3.83. The van der Waals surface area contributed by atoms with Gasteiger partial charge in [-0.05, 0) is 49.9 Å². The van der Waals surface area contributed by atoms with Crippen molar-refractivity contribution in [3.8, 4) is 23.0 Å². The molecule has 0 bridgehead atoms. The monoisotopic (exact) mass is 454 g/mol. The minimum absolute atomic E-state index is 0.0558. The number of oxazole rings is 1. The van der Waals surface area contributed by atoms with Gasteiger partial charge < -0.3 is 18.8 Å².